The molecule has 0 saturated heterocycles. The first-order valence-electron chi connectivity index (χ1n) is 5.22. The van der Waals surface area contributed by atoms with Crippen molar-refractivity contribution >= 4 is 11.5 Å². The van der Waals surface area contributed by atoms with Crippen molar-refractivity contribution in [2.45, 2.75) is 25.9 Å². The first-order chi connectivity index (χ1) is 7.63. The number of nitrogens with one attached hydrogen (secondary N) is 1. The van der Waals surface area contributed by atoms with Crippen molar-refractivity contribution in [2.24, 2.45) is 0 Å². The van der Waals surface area contributed by atoms with E-state index in [1.165, 1.54) is 0 Å². The molecule has 0 saturated carbocycles. The van der Waals surface area contributed by atoms with Gasteiger partial charge in [0.2, 0.25) is 0 Å². The van der Waals surface area contributed by atoms with E-state index in [4.69, 9.17) is 16.1 Å². The molecule has 86 valence electrons. The van der Waals surface area contributed by atoms with E-state index >= 15 is 0 Å². The molecule has 0 aliphatic carbocycles. The third-order valence-corrected chi connectivity index (χ3v) is 2.14. The number of aliphatic hydroxyl groups excluding tert-OH is 1. The van der Waals surface area contributed by atoms with Crippen molar-refractivity contribution in [2.75, 3.05) is 17.6 Å². The highest BCUT2D eigenvalue weighted by Gasteiger charge is 2.01. The summed E-state index contributed by atoms with van der Waals surface area (Å²) < 4.78 is 0. The molecule has 1 unspecified atom stereocenters. The Morgan fingerprint density at radius 1 is 1.62 bits per heavy atom. The summed E-state index contributed by atoms with van der Waals surface area (Å²) in [6.45, 7) is 2.47. The maximum absolute atomic E-state index is 9.07. The van der Waals surface area contributed by atoms with E-state index in [2.05, 4.69) is 10.3 Å². The van der Waals surface area contributed by atoms with Crippen LogP contribution >= 0.6 is 0 Å². The fourth-order valence-corrected chi connectivity index (χ4v) is 1.27. The summed E-state index contributed by atoms with van der Waals surface area (Å²) in [6, 6.07) is 5.32. The number of nitrogens with two attached hydrogens (primary N) is 1. The van der Waals surface area contributed by atoms with E-state index in [1.807, 2.05) is 6.07 Å². The smallest absolute Gasteiger partial charge is 0.165 e. The molecule has 0 fully saturated rings. The Morgan fingerprint density at radius 2 is 2.38 bits per heavy atom. The number of anilines is 2. The lowest BCUT2D eigenvalue weighted by Crippen LogP contribution is -2.08. The van der Waals surface area contributed by atoms with Gasteiger partial charge in [-0.05, 0) is 31.9 Å². The highest BCUT2D eigenvalue weighted by Crippen LogP contribution is 2.12. The first kappa shape index (κ1) is 12.3. The molecule has 0 aromatic carbocycles. The summed E-state index contributed by atoms with van der Waals surface area (Å²) in [6.07, 6.45) is 1.31. The van der Waals surface area contributed by atoms with Crippen molar-refractivity contribution in [1.29, 1.82) is 5.26 Å². The maximum atomic E-state index is 9.07. The molecule has 1 atom stereocenters. The average molecular weight is 220 g/mol. The van der Waals surface area contributed by atoms with Crippen molar-refractivity contribution in [1.82, 2.24) is 4.98 Å². The Bertz CT molecular complexity index is 384. The van der Waals surface area contributed by atoms with Crippen LogP contribution in [0.15, 0.2) is 12.1 Å². The Morgan fingerprint density at radius 3 is 3.00 bits per heavy atom. The van der Waals surface area contributed by atoms with Crippen LogP contribution in [-0.4, -0.2) is 22.7 Å². The molecule has 5 heteroatoms. The van der Waals surface area contributed by atoms with E-state index in [-0.39, 0.29) is 11.8 Å². The maximum Gasteiger partial charge on any atom is 0.165 e. The van der Waals surface area contributed by atoms with Gasteiger partial charge in [-0.25, -0.2) is 4.98 Å². The van der Waals surface area contributed by atoms with E-state index in [1.54, 1.807) is 19.1 Å². The van der Waals surface area contributed by atoms with Gasteiger partial charge in [-0.2, -0.15) is 5.26 Å². The Hall–Kier alpha value is -1.80. The number of aromatic nitrogens is 1. The Labute approximate surface area is 94.9 Å². The number of hydrogen-bond acceptors (Lipinski definition) is 5. The fraction of sp³-hybridized carbons (Fsp3) is 0.455. The summed E-state index contributed by atoms with van der Waals surface area (Å²) in [5.74, 6) is 0.636. The second-order valence-corrected chi connectivity index (χ2v) is 3.66. The molecule has 1 aromatic heterocycles. The summed E-state index contributed by atoms with van der Waals surface area (Å²) in [5.41, 5.74) is 6.17. The molecule has 5 nitrogen and oxygen atoms in total. The van der Waals surface area contributed by atoms with E-state index in [0.717, 1.165) is 12.8 Å². The van der Waals surface area contributed by atoms with Crippen molar-refractivity contribution in [3.8, 4) is 6.07 Å². The van der Waals surface area contributed by atoms with E-state index in [0.29, 0.717) is 18.1 Å². The Balaban J connectivity index is 2.46. The highest BCUT2D eigenvalue weighted by molar-refractivity contribution is 5.54. The molecule has 16 heavy (non-hydrogen) atoms. The molecule has 1 heterocycles. The number of aliphatic hydroxyl groups is 1. The molecule has 1 aromatic rings. The molecular formula is C11H16N4O. The molecule has 0 bridgehead atoms. The van der Waals surface area contributed by atoms with Gasteiger partial charge < -0.3 is 16.2 Å². The average Bonchev–Trinajstić information content (AvgIpc) is 2.26. The van der Waals surface area contributed by atoms with Gasteiger partial charge in [-0.15, -0.1) is 0 Å². The minimum atomic E-state index is -0.282. The highest BCUT2D eigenvalue weighted by atomic mass is 16.3. The van der Waals surface area contributed by atoms with Crippen LogP contribution in [0.4, 0.5) is 11.5 Å². The third-order valence-electron chi connectivity index (χ3n) is 2.14. The van der Waals surface area contributed by atoms with Gasteiger partial charge in [-0.3, -0.25) is 0 Å². The predicted molar refractivity (Wildman–Crippen MR) is 62.8 cm³/mol. The zero-order chi connectivity index (χ0) is 12.0. The molecular weight excluding hydrogens is 204 g/mol. The standard InChI is InChI=1S/C11H16N4O/c1-8(16)3-2-6-14-11-5-4-9(13)10(7-12)15-11/h4-5,8,16H,2-3,6,13H2,1H3,(H,14,15). The normalized spacial score (nSPS) is 11.8. The molecule has 0 aliphatic rings. The van der Waals surface area contributed by atoms with Gasteiger partial charge in [0.25, 0.3) is 0 Å². The van der Waals surface area contributed by atoms with E-state index in [9.17, 15) is 0 Å². The second-order valence-electron chi connectivity index (χ2n) is 3.66. The van der Waals surface area contributed by atoms with Gasteiger partial charge in [0.15, 0.2) is 5.69 Å². The molecule has 0 spiro atoms. The lowest BCUT2D eigenvalue weighted by atomic mass is 10.2. The Kier molecular flexibility index (Phi) is 4.55. The van der Waals surface area contributed by atoms with Gasteiger partial charge >= 0.3 is 0 Å². The minimum absolute atomic E-state index is 0.237. The van der Waals surface area contributed by atoms with Crippen LogP contribution in [0.25, 0.3) is 0 Å². The second kappa shape index (κ2) is 5.93. The van der Waals surface area contributed by atoms with Gasteiger partial charge in [-0.1, -0.05) is 0 Å². The predicted octanol–water partition coefficient (Wildman–Crippen LogP) is 1.11. The number of nitriles is 1. The zero-order valence-electron chi connectivity index (χ0n) is 9.27. The number of nitrogen functional groups attached to an aromatic ring is 1. The van der Waals surface area contributed by atoms with Crippen molar-refractivity contribution < 1.29 is 5.11 Å². The summed E-state index contributed by atoms with van der Waals surface area (Å²) in [4.78, 5) is 4.05. The number of rotatable bonds is 5. The van der Waals surface area contributed by atoms with E-state index < -0.39 is 0 Å². The van der Waals surface area contributed by atoms with Crippen LogP contribution in [0.3, 0.4) is 0 Å². The molecule has 1 rings (SSSR count). The number of hydrogen-bond donors (Lipinski definition) is 3. The fourth-order valence-electron chi connectivity index (χ4n) is 1.27. The summed E-state index contributed by atoms with van der Waals surface area (Å²) >= 11 is 0. The number of pyridine rings is 1. The third kappa shape index (κ3) is 3.75. The quantitative estimate of drug-likeness (QED) is 0.646. The van der Waals surface area contributed by atoms with Crippen molar-refractivity contribution in [3.63, 3.8) is 0 Å². The van der Waals surface area contributed by atoms with Crippen LogP contribution in [0, 0.1) is 11.3 Å². The number of nitrogens with zero attached hydrogens (tertiary/aromatic N) is 2. The van der Waals surface area contributed by atoms with Crippen LogP contribution in [0.5, 0.6) is 0 Å². The minimum Gasteiger partial charge on any atom is -0.396 e. The van der Waals surface area contributed by atoms with Crippen LogP contribution in [-0.2, 0) is 0 Å². The SMILES string of the molecule is CC(O)CCCNc1ccc(N)c(C#N)n1. The lowest BCUT2D eigenvalue weighted by Gasteiger charge is -2.07. The summed E-state index contributed by atoms with van der Waals surface area (Å²) in [5, 5.41) is 20.9. The molecule has 4 N–H and O–H groups in total. The largest absolute Gasteiger partial charge is 0.396 e. The molecule has 0 amide bonds. The van der Waals surface area contributed by atoms with Crippen LogP contribution < -0.4 is 11.1 Å². The van der Waals surface area contributed by atoms with Crippen molar-refractivity contribution in [3.05, 3.63) is 17.8 Å². The van der Waals surface area contributed by atoms with Crippen LogP contribution in [0.2, 0.25) is 0 Å². The first-order valence-corrected chi connectivity index (χ1v) is 5.22. The summed E-state index contributed by atoms with van der Waals surface area (Å²) in [7, 11) is 0. The van der Waals surface area contributed by atoms with Gasteiger partial charge in [0.05, 0.1) is 11.8 Å². The van der Waals surface area contributed by atoms with Crippen LogP contribution in [0.1, 0.15) is 25.5 Å². The molecule has 0 aliphatic heterocycles. The zero-order valence-corrected chi connectivity index (χ0v) is 9.27. The van der Waals surface area contributed by atoms with Gasteiger partial charge in [0, 0.05) is 6.54 Å². The topological polar surface area (TPSA) is 95.0 Å². The van der Waals surface area contributed by atoms with Gasteiger partial charge in [0.1, 0.15) is 11.9 Å². The monoisotopic (exact) mass is 220 g/mol. The lowest BCUT2D eigenvalue weighted by molar-refractivity contribution is 0.183. The molecule has 0 radical (unpaired) electrons.